The van der Waals surface area contributed by atoms with Crippen molar-refractivity contribution in [1.82, 2.24) is 14.2 Å². The number of piperidine rings is 1. The van der Waals surface area contributed by atoms with Crippen LogP contribution < -0.4 is 19.7 Å². The molecule has 1 aromatic heterocycles. The molecule has 2 fully saturated rings. The van der Waals surface area contributed by atoms with E-state index < -0.39 is 22.0 Å². The van der Waals surface area contributed by atoms with Crippen LogP contribution in [0.5, 0.6) is 5.75 Å². The molecule has 1 aliphatic carbocycles. The number of amides is 2. The summed E-state index contributed by atoms with van der Waals surface area (Å²) in [6.07, 6.45) is 47.7. The fourth-order valence-electron chi connectivity index (χ4n) is 13.8. The lowest BCUT2D eigenvalue weighted by Crippen LogP contribution is -2.38. The van der Waals surface area contributed by atoms with Gasteiger partial charge in [0.1, 0.15) is 11.9 Å². The molecule has 1 saturated carbocycles. The number of esters is 1. The number of sulfonamides is 1. The zero-order valence-electron chi connectivity index (χ0n) is 60.7. The first kappa shape index (κ1) is 79.4. The SMILES string of the molecule is CCCCCCCCCCCCCCCCOC(=O)CCCCCCCCCCCCC.COc1cc(C(=O)NS(=O)(=O)c2ccccc2C)ccc1Cc1cn(C)c2ccc(NC(=O)OC3CCCC3)cc12.CSc1ccc2c(c1)N(CCC1CCCCN1C)c1ccccc1S2. The summed E-state index contributed by atoms with van der Waals surface area (Å²) in [5.41, 5.74) is 6.90. The van der Waals surface area contributed by atoms with E-state index in [9.17, 15) is 22.8 Å². The molecule has 2 aliphatic heterocycles. The molecule has 1 atom stereocenters. The Hall–Kier alpha value is -5.94. The Labute approximate surface area is 598 Å². The second-order valence-electron chi connectivity index (χ2n) is 27.4. The first-order valence-corrected chi connectivity index (χ1v) is 41.2. The van der Waals surface area contributed by atoms with Crippen LogP contribution in [0.25, 0.3) is 10.9 Å². The van der Waals surface area contributed by atoms with E-state index >= 15 is 0 Å². The molecular formula is C82H119N5O8S3. The Bertz CT molecular complexity index is 3460. The van der Waals surface area contributed by atoms with Crippen molar-refractivity contribution in [2.75, 3.05) is 50.3 Å². The van der Waals surface area contributed by atoms with Crippen molar-refractivity contribution in [2.45, 2.75) is 277 Å². The van der Waals surface area contributed by atoms with Crippen LogP contribution >= 0.6 is 23.5 Å². The molecular weight excluding hydrogens is 1280 g/mol. The minimum atomic E-state index is -4.04. The number of aromatic nitrogens is 1. The number of aryl methyl sites for hydroxylation is 2. The molecule has 1 unspecified atom stereocenters. The lowest BCUT2D eigenvalue weighted by molar-refractivity contribution is -0.143. The maximum atomic E-state index is 12.9. The van der Waals surface area contributed by atoms with Gasteiger partial charge in [-0.1, -0.05) is 216 Å². The summed E-state index contributed by atoms with van der Waals surface area (Å²) in [6, 6.07) is 33.6. The summed E-state index contributed by atoms with van der Waals surface area (Å²) in [5, 5.41) is 3.81. The molecule has 13 nitrogen and oxygen atoms in total. The average Bonchev–Trinajstić information content (AvgIpc) is 0.925. The van der Waals surface area contributed by atoms with Gasteiger partial charge in [0.15, 0.2) is 0 Å². The highest BCUT2D eigenvalue weighted by molar-refractivity contribution is 8.00. The van der Waals surface area contributed by atoms with Crippen molar-refractivity contribution in [3.8, 4) is 5.75 Å². The number of nitrogens with one attached hydrogen (secondary N) is 2. The number of rotatable bonds is 39. The van der Waals surface area contributed by atoms with E-state index in [1.165, 1.54) is 225 Å². The summed E-state index contributed by atoms with van der Waals surface area (Å²) in [4.78, 5) is 46.4. The Kier molecular flexibility index (Phi) is 35.9. The number of thioether (sulfide) groups is 1. The minimum Gasteiger partial charge on any atom is -0.496 e. The Morgan fingerprint density at radius 3 is 1.87 bits per heavy atom. The summed E-state index contributed by atoms with van der Waals surface area (Å²) >= 11 is 3.73. The molecule has 3 heterocycles. The predicted molar refractivity (Wildman–Crippen MR) is 410 cm³/mol. The van der Waals surface area contributed by atoms with Gasteiger partial charge in [-0.3, -0.25) is 14.9 Å². The molecule has 2 amide bonds. The number of unbranched alkanes of at least 4 members (excludes halogenated alkanes) is 23. The van der Waals surface area contributed by atoms with Crippen molar-refractivity contribution in [3.05, 3.63) is 132 Å². The molecule has 6 aromatic rings. The van der Waals surface area contributed by atoms with Crippen LogP contribution in [-0.2, 0) is 37.8 Å². The number of anilines is 3. The van der Waals surface area contributed by atoms with Gasteiger partial charge in [-0.2, -0.15) is 0 Å². The van der Waals surface area contributed by atoms with Gasteiger partial charge in [0.05, 0.1) is 30.0 Å². The zero-order chi connectivity index (χ0) is 69.7. The van der Waals surface area contributed by atoms with Gasteiger partial charge in [0.2, 0.25) is 0 Å². The molecule has 3 aliphatic rings. The van der Waals surface area contributed by atoms with Crippen LogP contribution in [0.1, 0.15) is 259 Å². The van der Waals surface area contributed by atoms with Crippen molar-refractivity contribution in [3.63, 3.8) is 0 Å². The van der Waals surface area contributed by atoms with Gasteiger partial charge in [-0.25, -0.2) is 17.9 Å². The van der Waals surface area contributed by atoms with Crippen LogP contribution in [-0.4, -0.2) is 88.1 Å². The summed E-state index contributed by atoms with van der Waals surface area (Å²) in [5.74, 6) is -0.267. The van der Waals surface area contributed by atoms with E-state index in [1.807, 2.05) is 59.5 Å². The number of hydrogen-bond donors (Lipinski definition) is 2. The highest BCUT2D eigenvalue weighted by Gasteiger charge is 2.27. The molecule has 1 saturated heterocycles. The third kappa shape index (κ3) is 26.9. The van der Waals surface area contributed by atoms with Crippen LogP contribution in [0.15, 0.2) is 129 Å². The van der Waals surface area contributed by atoms with E-state index in [1.54, 1.807) is 37.3 Å². The number of para-hydroxylation sites is 1. The molecule has 5 aromatic carbocycles. The van der Waals surface area contributed by atoms with Gasteiger partial charge in [0.25, 0.3) is 15.9 Å². The molecule has 2 N–H and O–H groups in total. The fourth-order valence-corrected chi connectivity index (χ4v) is 16.5. The lowest BCUT2D eigenvalue weighted by atomic mass is 9.99. The quantitative estimate of drug-likeness (QED) is 0.0215. The first-order chi connectivity index (χ1) is 47.7. The highest BCUT2D eigenvalue weighted by Crippen LogP contribution is 2.49. The monoisotopic (exact) mass is 1400 g/mol. The normalized spacial score (nSPS) is 14.6. The number of nitrogens with zero attached hydrogens (tertiary/aromatic N) is 3. The number of carbonyl (C=O) groups excluding carboxylic acids is 3. The van der Waals surface area contributed by atoms with E-state index in [-0.39, 0.29) is 22.5 Å². The van der Waals surface area contributed by atoms with Gasteiger partial charge < -0.3 is 28.6 Å². The van der Waals surface area contributed by atoms with Gasteiger partial charge >= 0.3 is 12.1 Å². The van der Waals surface area contributed by atoms with E-state index in [0.29, 0.717) is 36.4 Å². The van der Waals surface area contributed by atoms with Crippen LogP contribution in [0.2, 0.25) is 0 Å². The van der Waals surface area contributed by atoms with Gasteiger partial charge in [0, 0.05) is 75.5 Å². The number of likely N-dealkylation sites (tertiary alicyclic amines) is 1. The van der Waals surface area contributed by atoms with E-state index in [4.69, 9.17) is 14.2 Å². The largest absolute Gasteiger partial charge is 0.496 e. The molecule has 0 radical (unpaired) electrons. The Balaban J connectivity index is 0.000000214. The maximum absolute atomic E-state index is 12.9. The number of ether oxygens (including phenoxy) is 3. The molecule has 538 valence electrons. The highest BCUT2D eigenvalue weighted by atomic mass is 32.2. The third-order valence-corrected chi connectivity index (χ3v) is 23.0. The smallest absolute Gasteiger partial charge is 0.411 e. The van der Waals surface area contributed by atoms with Gasteiger partial charge in [-0.15, -0.1) is 11.8 Å². The second kappa shape index (κ2) is 44.3. The predicted octanol–water partition coefficient (Wildman–Crippen LogP) is 22.3. The van der Waals surface area contributed by atoms with E-state index in [0.717, 1.165) is 73.1 Å². The van der Waals surface area contributed by atoms with Crippen molar-refractivity contribution in [2.24, 2.45) is 7.05 Å². The van der Waals surface area contributed by atoms with Crippen LogP contribution in [0, 0.1) is 6.92 Å². The second-order valence-corrected chi connectivity index (χ2v) is 31.0. The average molecular weight is 1400 g/mol. The Morgan fingerprint density at radius 2 is 1.23 bits per heavy atom. The molecule has 98 heavy (non-hydrogen) atoms. The summed E-state index contributed by atoms with van der Waals surface area (Å²) in [7, 11) is 1.71. The molecule has 0 bridgehead atoms. The minimum absolute atomic E-state index is 0.0221. The third-order valence-electron chi connectivity index (χ3n) is 19.6. The van der Waals surface area contributed by atoms with Crippen molar-refractivity contribution >= 4 is 79.5 Å². The van der Waals surface area contributed by atoms with E-state index in [2.05, 4.69) is 89.5 Å². The number of fused-ring (bicyclic) bond motifs is 3. The summed E-state index contributed by atoms with van der Waals surface area (Å²) < 4.78 is 46.3. The fraction of sp³-hybridized carbons (Fsp3) is 0.573. The number of benzene rings is 5. The zero-order valence-corrected chi connectivity index (χ0v) is 63.2. The maximum Gasteiger partial charge on any atom is 0.411 e. The Morgan fingerprint density at radius 1 is 0.633 bits per heavy atom. The van der Waals surface area contributed by atoms with Crippen molar-refractivity contribution < 1.29 is 37.0 Å². The van der Waals surface area contributed by atoms with Crippen LogP contribution in [0.4, 0.5) is 21.9 Å². The molecule has 16 heteroatoms. The lowest BCUT2D eigenvalue weighted by Gasteiger charge is -2.37. The van der Waals surface area contributed by atoms with Gasteiger partial charge in [-0.05, 0) is 168 Å². The number of methoxy groups -OCH3 is 1. The van der Waals surface area contributed by atoms with Crippen molar-refractivity contribution in [1.29, 1.82) is 0 Å². The topological polar surface area (TPSA) is 149 Å². The molecule has 9 rings (SSSR count). The molecule has 0 spiro atoms. The number of carbonyl (C=O) groups is 3. The number of hydrogen-bond acceptors (Lipinski definition) is 12. The van der Waals surface area contributed by atoms with Crippen LogP contribution in [0.3, 0.4) is 0 Å². The first-order valence-electron chi connectivity index (χ1n) is 37.6. The summed E-state index contributed by atoms with van der Waals surface area (Å²) in [6.45, 7) is 9.21. The standard InChI is InChI=1S/C31H33N3O6S.C30H60O2.C21H26N2S2/c1-20-8-4-7-11-29(20)41(37,38)33-30(35)22-13-12-21(28(17-22)39-3)16-23-19-34(2)27-15-14-24(18-26(23)27)32-31(36)40-25-9-5-6-10-25;1-3-5-7-9-11-13-15-16-17-19-21-23-25-27-29-32-30(31)28-26-24-22-20-18-14-12-10-8-6-4-2;1-22-13-6-5-7-16(22)12-14-23-18-8-3-4-9-20(18)25-21-11-10-17(24-2)15-19(21)23/h4,7-8,11-15,17-19,25H,5-6,9-10,16H2,1-3H3,(H,32,36)(H,33,35);3-29H2,1-2H3;3-4,8-11,15-16H,5-7,12-14H2,1-2H3.